The second-order valence-electron chi connectivity index (χ2n) is 6.56. The summed E-state index contributed by atoms with van der Waals surface area (Å²) in [5, 5.41) is 7.97. The third-order valence-corrected chi connectivity index (χ3v) is 5.37. The monoisotopic (exact) mass is 386 g/mol. The van der Waals surface area contributed by atoms with E-state index in [0.717, 1.165) is 5.56 Å². The number of benzene rings is 1. The summed E-state index contributed by atoms with van der Waals surface area (Å²) in [6, 6.07) is 6.59. The van der Waals surface area contributed by atoms with E-state index in [9.17, 15) is 9.18 Å². The minimum absolute atomic E-state index is 0.133. The Hall–Kier alpha value is -2.58. The van der Waals surface area contributed by atoms with Crippen molar-refractivity contribution in [3.63, 3.8) is 0 Å². The number of nitrogens with zero attached hydrogens (tertiary/aromatic N) is 4. The molecule has 8 heteroatoms. The van der Waals surface area contributed by atoms with Gasteiger partial charge in [0.1, 0.15) is 5.82 Å². The average Bonchev–Trinajstić information content (AvgIpc) is 3.36. The molecule has 0 bridgehead atoms. The summed E-state index contributed by atoms with van der Waals surface area (Å²) < 4.78 is 19.1. The fourth-order valence-electron chi connectivity index (χ4n) is 3.04. The molecule has 1 fully saturated rings. The minimum Gasteiger partial charge on any atom is -0.338 e. The molecule has 1 saturated heterocycles. The lowest BCUT2D eigenvalue weighted by atomic mass is 10.1. The van der Waals surface area contributed by atoms with Gasteiger partial charge in [-0.3, -0.25) is 9.69 Å². The molecular formula is C19H19FN4O2S. The number of piperazine rings is 1. The maximum absolute atomic E-state index is 13.7. The molecule has 3 heterocycles. The Balaban J connectivity index is 1.33. The largest absolute Gasteiger partial charge is 0.338 e. The molecule has 6 nitrogen and oxygen atoms in total. The van der Waals surface area contributed by atoms with Gasteiger partial charge in [0.05, 0.1) is 6.54 Å². The number of hydrogen-bond donors (Lipinski definition) is 0. The number of rotatable bonds is 4. The lowest BCUT2D eigenvalue weighted by molar-refractivity contribution is 0.0614. The smallest absolute Gasteiger partial charge is 0.254 e. The second-order valence-corrected chi connectivity index (χ2v) is 7.34. The van der Waals surface area contributed by atoms with E-state index in [4.69, 9.17) is 4.52 Å². The van der Waals surface area contributed by atoms with Crippen LogP contribution in [-0.2, 0) is 6.54 Å². The first-order valence-corrected chi connectivity index (χ1v) is 9.67. The van der Waals surface area contributed by atoms with Crippen LogP contribution in [0.25, 0.3) is 11.4 Å². The summed E-state index contributed by atoms with van der Waals surface area (Å²) in [5.74, 6) is 0.682. The van der Waals surface area contributed by atoms with Crippen LogP contribution in [0.5, 0.6) is 0 Å². The summed E-state index contributed by atoms with van der Waals surface area (Å²) in [7, 11) is 0. The molecule has 0 radical (unpaired) electrons. The fourth-order valence-corrected chi connectivity index (χ4v) is 3.67. The summed E-state index contributed by atoms with van der Waals surface area (Å²) in [5.41, 5.74) is 1.89. The zero-order valence-electron chi connectivity index (χ0n) is 14.9. The highest BCUT2D eigenvalue weighted by atomic mass is 32.1. The van der Waals surface area contributed by atoms with Crippen LogP contribution in [0.2, 0.25) is 0 Å². The molecule has 0 aliphatic carbocycles. The van der Waals surface area contributed by atoms with Gasteiger partial charge in [0.2, 0.25) is 11.7 Å². The van der Waals surface area contributed by atoms with E-state index >= 15 is 0 Å². The maximum atomic E-state index is 13.7. The molecule has 0 unspecified atom stereocenters. The van der Waals surface area contributed by atoms with Gasteiger partial charge in [-0.1, -0.05) is 11.2 Å². The molecular weight excluding hydrogens is 367 g/mol. The van der Waals surface area contributed by atoms with Crippen molar-refractivity contribution in [3.05, 3.63) is 57.9 Å². The van der Waals surface area contributed by atoms with E-state index in [1.807, 2.05) is 16.8 Å². The highest BCUT2D eigenvalue weighted by Crippen LogP contribution is 2.19. The Morgan fingerprint density at radius 2 is 2.07 bits per heavy atom. The van der Waals surface area contributed by atoms with Crippen LogP contribution in [0.3, 0.4) is 0 Å². The quantitative estimate of drug-likeness (QED) is 0.689. The Bertz CT molecular complexity index is 933. The highest BCUT2D eigenvalue weighted by molar-refractivity contribution is 7.08. The average molecular weight is 386 g/mol. The normalized spacial score (nSPS) is 15.3. The second kappa shape index (κ2) is 7.58. The third kappa shape index (κ3) is 3.91. The lowest BCUT2D eigenvalue weighted by Gasteiger charge is -2.34. The van der Waals surface area contributed by atoms with Gasteiger partial charge < -0.3 is 9.42 Å². The number of aromatic nitrogens is 2. The number of halogens is 1. The van der Waals surface area contributed by atoms with Crippen LogP contribution in [0.15, 0.2) is 39.5 Å². The van der Waals surface area contributed by atoms with Gasteiger partial charge in [-0.05, 0) is 36.1 Å². The van der Waals surface area contributed by atoms with Crippen molar-refractivity contribution in [1.82, 2.24) is 19.9 Å². The van der Waals surface area contributed by atoms with E-state index in [2.05, 4.69) is 15.0 Å². The fraction of sp³-hybridized carbons (Fsp3) is 0.316. The van der Waals surface area contributed by atoms with E-state index < -0.39 is 0 Å². The van der Waals surface area contributed by atoms with Gasteiger partial charge >= 0.3 is 0 Å². The summed E-state index contributed by atoms with van der Waals surface area (Å²) in [6.07, 6.45) is 0. The Labute approximate surface area is 160 Å². The summed E-state index contributed by atoms with van der Waals surface area (Å²) in [6.45, 7) is 4.81. The predicted octanol–water partition coefficient (Wildman–Crippen LogP) is 3.20. The Kier molecular flexibility index (Phi) is 5.00. The number of carbonyl (C=O) groups excluding carboxylic acids is 1. The molecule has 0 spiro atoms. The van der Waals surface area contributed by atoms with Gasteiger partial charge in [0.15, 0.2) is 0 Å². The van der Waals surface area contributed by atoms with Gasteiger partial charge in [-0.25, -0.2) is 4.39 Å². The van der Waals surface area contributed by atoms with E-state index in [0.29, 0.717) is 55.6 Å². The van der Waals surface area contributed by atoms with Crippen LogP contribution in [-0.4, -0.2) is 52.0 Å². The van der Waals surface area contributed by atoms with Crippen molar-refractivity contribution in [1.29, 1.82) is 0 Å². The lowest BCUT2D eigenvalue weighted by Crippen LogP contribution is -2.48. The zero-order chi connectivity index (χ0) is 18.8. The van der Waals surface area contributed by atoms with Crippen molar-refractivity contribution in [3.8, 4) is 11.4 Å². The Morgan fingerprint density at radius 1 is 1.26 bits per heavy atom. The molecule has 0 atom stereocenters. The zero-order valence-corrected chi connectivity index (χ0v) is 15.7. The molecule has 1 aliphatic rings. The van der Waals surface area contributed by atoms with E-state index in [1.54, 1.807) is 35.3 Å². The molecule has 1 amide bonds. The predicted molar refractivity (Wildman–Crippen MR) is 99.9 cm³/mol. The van der Waals surface area contributed by atoms with Gasteiger partial charge in [0.25, 0.3) is 5.91 Å². The molecule has 1 aliphatic heterocycles. The van der Waals surface area contributed by atoms with Crippen LogP contribution in [0.4, 0.5) is 4.39 Å². The standard InChI is InChI=1S/C19H19FN4O2S/c1-13-2-3-14(10-16(13)20)19(25)24-7-5-23(6-8-24)11-17-21-18(22-26-17)15-4-9-27-12-15/h2-4,9-10,12H,5-8,11H2,1H3. The number of aryl methyl sites for hydroxylation is 1. The van der Waals surface area contributed by atoms with Crippen molar-refractivity contribution >= 4 is 17.2 Å². The van der Waals surface area contributed by atoms with Crippen LogP contribution in [0.1, 0.15) is 21.8 Å². The van der Waals surface area contributed by atoms with Crippen LogP contribution >= 0.6 is 11.3 Å². The maximum Gasteiger partial charge on any atom is 0.254 e. The molecule has 4 rings (SSSR count). The van der Waals surface area contributed by atoms with Gasteiger partial charge in [0, 0.05) is 42.7 Å². The molecule has 0 N–H and O–H groups in total. The number of thiophene rings is 1. The summed E-state index contributed by atoms with van der Waals surface area (Å²) in [4.78, 5) is 20.9. The first-order valence-electron chi connectivity index (χ1n) is 8.73. The molecule has 0 saturated carbocycles. The molecule has 140 valence electrons. The van der Waals surface area contributed by atoms with Crippen molar-refractivity contribution in [2.75, 3.05) is 26.2 Å². The molecule has 2 aromatic heterocycles. The third-order valence-electron chi connectivity index (χ3n) is 4.68. The van der Waals surface area contributed by atoms with Crippen LogP contribution < -0.4 is 0 Å². The highest BCUT2D eigenvalue weighted by Gasteiger charge is 2.24. The summed E-state index contributed by atoms with van der Waals surface area (Å²) >= 11 is 1.59. The number of hydrogen-bond acceptors (Lipinski definition) is 6. The topological polar surface area (TPSA) is 62.5 Å². The SMILES string of the molecule is Cc1ccc(C(=O)N2CCN(Cc3nc(-c4ccsc4)no3)CC2)cc1F. The molecule has 1 aromatic carbocycles. The van der Waals surface area contributed by atoms with Crippen molar-refractivity contribution in [2.45, 2.75) is 13.5 Å². The van der Waals surface area contributed by atoms with Crippen molar-refractivity contribution < 1.29 is 13.7 Å². The van der Waals surface area contributed by atoms with E-state index in [1.165, 1.54) is 6.07 Å². The number of carbonyl (C=O) groups is 1. The van der Waals surface area contributed by atoms with Crippen LogP contribution in [0, 0.1) is 12.7 Å². The minimum atomic E-state index is -0.350. The first-order chi connectivity index (χ1) is 13.1. The molecule has 3 aromatic rings. The molecule has 27 heavy (non-hydrogen) atoms. The Morgan fingerprint density at radius 3 is 2.78 bits per heavy atom. The first kappa shape index (κ1) is 17.8. The van der Waals surface area contributed by atoms with Gasteiger partial charge in [-0.2, -0.15) is 16.3 Å². The number of amides is 1. The van der Waals surface area contributed by atoms with Crippen molar-refractivity contribution in [2.24, 2.45) is 0 Å². The van der Waals surface area contributed by atoms with E-state index in [-0.39, 0.29) is 11.7 Å². The van der Waals surface area contributed by atoms with Gasteiger partial charge in [-0.15, -0.1) is 0 Å².